The van der Waals surface area contributed by atoms with Crippen LogP contribution >= 0.6 is 11.8 Å². The maximum atomic E-state index is 11.9. The molecule has 22 heavy (non-hydrogen) atoms. The van der Waals surface area contributed by atoms with Gasteiger partial charge in [-0.3, -0.25) is 10.2 Å². The van der Waals surface area contributed by atoms with Crippen LogP contribution in [0.5, 0.6) is 0 Å². The molecule has 5 heteroatoms. The monoisotopic (exact) mass is 310 g/mol. The Kier molecular flexibility index (Phi) is 3.15. The van der Waals surface area contributed by atoms with Crippen LogP contribution in [0.4, 0.5) is 0 Å². The van der Waals surface area contributed by atoms with Crippen LogP contribution in [0.2, 0.25) is 0 Å². The molecule has 2 aromatic rings. The van der Waals surface area contributed by atoms with E-state index in [9.17, 15) is 4.79 Å². The Balaban J connectivity index is 1.67. The molecule has 0 saturated heterocycles. The lowest BCUT2D eigenvalue weighted by Gasteiger charge is -2.21. The first-order valence-electron chi connectivity index (χ1n) is 7.12. The second kappa shape index (κ2) is 5.18. The van der Waals surface area contributed by atoms with E-state index in [0.29, 0.717) is 17.3 Å². The van der Waals surface area contributed by atoms with Crippen molar-refractivity contribution in [1.29, 1.82) is 5.41 Å². The number of nitrogens with one attached hydrogen (secondary N) is 1. The molecule has 1 aromatic heterocycles. The number of allylic oxidation sites excluding steroid dienone is 1. The molecule has 1 aromatic carbocycles. The number of rotatable bonds is 3. The van der Waals surface area contributed by atoms with Crippen molar-refractivity contribution in [2.75, 3.05) is 0 Å². The van der Waals surface area contributed by atoms with Crippen molar-refractivity contribution in [1.82, 2.24) is 4.57 Å². The van der Waals surface area contributed by atoms with Gasteiger partial charge in [0.15, 0.2) is 5.09 Å². The summed E-state index contributed by atoms with van der Waals surface area (Å²) in [6.45, 7) is 0. The third-order valence-corrected chi connectivity index (χ3v) is 5.03. The van der Waals surface area contributed by atoms with Crippen LogP contribution in [0, 0.1) is 5.41 Å². The smallest absolute Gasteiger partial charge is 0.312 e. The molecule has 0 spiro atoms. The van der Waals surface area contributed by atoms with Gasteiger partial charge in [-0.2, -0.15) is 0 Å². The van der Waals surface area contributed by atoms with Crippen molar-refractivity contribution >= 4 is 23.6 Å². The predicted octanol–water partition coefficient (Wildman–Crippen LogP) is 3.50. The van der Waals surface area contributed by atoms with Gasteiger partial charge in [0.2, 0.25) is 0 Å². The first kappa shape index (κ1) is 13.4. The fraction of sp³-hybridized carbons (Fsp3) is 0.176. The second-order valence-electron chi connectivity index (χ2n) is 5.36. The van der Waals surface area contributed by atoms with Gasteiger partial charge in [0.1, 0.15) is 5.84 Å². The van der Waals surface area contributed by atoms with E-state index in [1.54, 1.807) is 0 Å². The molecule has 110 valence electrons. The van der Waals surface area contributed by atoms with Crippen LogP contribution in [-0.4, -0.2) is 16.4 Å². The van der Waals surface area contributed by atoms with Gasteiger partial charge in [0.25, 0.3) is 0 Å². The first-order chi connectivity index (χ1) is 10.7. The maximum absolute atomic E-state index is 11.9. The van der Waals surface area contributed by atoms with Crippen LogP contribution in [0.25, 0.3) is 0 Å². The number of cyclic esters (lactones) is 1. The van der Waals surface area contributed by atoms with Crippen molar-refractivity contribution in [3.63, 3.8) is 0 Å². The summed E-state index contributed by atoms with van der Waals surface area (Å²) in [5, 5.41) is 8.93. The minimum Gasteiger partial charge on any atom is -0.419 e. The highest BCUT2D eigenvalue weighted by Gasteiger charge is 2.40. The SMILES string of the molecule is N=C1C2=C(SCc3ccccc3)OC(=O)CC2c2cccn21. The summed E-state index contributed by atoms with van der Waals surface area (Å²) < 4.78 is 7.28. The normalized spacial score (nSPS) is 19.9. The van der Waals surface area contributed by atoms with Crippen LogP contribution < -0.4 is 0 Å². The van der Waals surface area contributed by atoms with Gasteiger partial charge in [-0.25, -0.2) is 0 Å². The molecule has 0 fully saturated rings. The van der Waals surface area contributed by atoms with Gasteiger partial charge in [-0.1, -0.05) is 42.1 Å². The van der Waals surface area contributed by atoms with Crippen molar-refractivity contribution in [3.8, 4) is 0 Å². The van der Waals surface area contributed by atoms with E-state index in [4.69, 9.17) is 10.1 Å². The third-order valence-electron chi connectivity index (χ3n) is 3.99. The molecular formula is C17H14N2O2S. The van der Waals surface area contributed by atoms with Gasteiger partial charge in [-0.05, 0) is 17.7 Å². The summed E-state index contributed by atoms with van der Waals surface area (Å²) >= 11 is 1.49. The average Bonchev–Trinajstić information content (AvgIpc) is 3.10. The minimum absolute atomic E-state index is 0.0398. The molecule has 0 amide bonds. The fourth-order valence-electron chi connectivity index (χ4n) is 2.97. The largest absolute Gasteiger partial charge is 0.419 e. The van der Waals surface area contributed by atoms with Gasteiger partial charge in [-0.15, -0.1) is 0 Å². The van der Waals surface area contributed by atoms with Crippen LogP contribution in [0.1, 0.15) is 23.6 Å². The predicted molar refractivity (Wildman–Crippen MR) is 85.8 cm³/mol. The molecule has 1 N–H and O–H groups in total. The highest BCUT2D eigenvalue weighted by molar-refractivity contribution is 8.02. The summed E-state index contributed by atoms with van der Waals surface area (Å²) in [5.74, 6) is 0.892. The number of thioether (sulfide) groups is 1. The molecule has 0 radical (unpaired) electrons. The molecule has 2 aliphatic rings. The van der Waals surface area contributed by atoms with Gasteiger partial charge < -0.3 is 9.30 Å². The molecule has 3 heterocycles. The first-order valence-corrected chi connectivity index (χ1v) is 8.10. The summed E-state index contributed by atoms with van der Waals surface area (Å²) in [4.78, 5) is 11.9. The molecule has 4 rings (SSSR count). The quantitative estimate of drug-likeness (QED) is 0.883. The molecule has 0 aliphatic carbocycles. The molecule has 0 saturated carbocycles. The van der Waals surface area contributed by atoms with Crippen molar-refractivity contribution in [2.45, 2.75) is 18.1 Å². The Labute approximate surface area is 132 Å². The number of aromatic nitrogens is 1. The standard InChI is InChI=1S/C17H14N2O2S/c18-16-15-12(13-7-4-8-19(13)16)9-14(20)21-17(15)22-10-11-5-2-1-3-6-11/h1-8,12,18H,9-10H2. The zero-order valence-electron chi connectivity index (χ0n) is 11.8. The number of esters is 1. The topological polar surface area (TPSA) is 55.1 Å². The number of carbonyl (C=O) groups is 1. The van der Waals surface area contributed by atoms with E-state index in [1.807, 2.05) is 53.2 Å². The van der Waals surface area contributed by atoms with Crippen LogP contribution in [0.15, 0.2) is 59.3 Å². The summed E-state index contributed by atoms with van der Waals surface area (Å²) in [7, 11) is 0. The number of ether oxygens (including phenoxy) is 1. The molecule has 2 aliphatic heterocycles. The second-order valence-corrected chi connectivity index (χ2v) is 6.31. The zero-order valence-corrected chi connectivity index (χ0v) is 12.6. The van der Waals surface area contributed by atoms with E-state index in [-0.39, 0.29) is 11.9 Å². The minimum atomic E-state index is -0.216. The van der Waals surface area contributed by atoms with E-state index >= 15 is 0 Å². The fourth-order valence-corrected chi connectivity index (χ4v) is 4.00. The number of hydrogen-bond acceptors (Lipinski definition) is 4. The highest BCUT2D eigenvalue weighted by atomic mass is 32.2. The summed E-state index contributed by atoms with van der Waals surface area (Å²) in [6.07, 6.45) is 2.18. The molecule has 1 atom stereocenters. The molecular weight excluding hydrogens is 296 g/mol. The summed E-state index contributed by atoms with van der Waals surface area (Å²) in [6, 6.07) is 13.9. The van der Waals surface area contributed by atoms with Gasteiger partial charge in [0, 0.05) is 23.6 Å². The Morgan fingerprint density at radius 1 is 1.23 bits per heavy atom. The lowest BCUT2D eigenvalue weighted by molar-refractivity contribution is -0.139. The lowest BCUT2D eigenvalue weighted by Crippen LogP contribution is -2.19. The molecule has 4 nitrogen and oxygen atoms in total. The third kappa shape index (κ3) is 2.09. The Morgan fingerprint density at radius 2 is 2.05 bits per heavy atom. The average molecular weight is 310 g/mol. The Morgan fingerprint density at radius 3 is 2.86 bits per heavy atom. The lowest BCUT2D eigenvalue weighted by atomic mass is 9.94. The van der Waals surface area contributed by atoms with Crippen LogP contribution in [0.3, 0.4) is 0 Å². The number of nitrogens with zero attached hydrogens (tertiary/aromatic N) is 1. The van der Waals surface area contributed by atoms with Gasteiger partial charge >= 0.3 is 5.97 Å². The number of carbonyl (C=O) groups excluding carboxylic acids is 1. The van der Waals surface area contributed by atoms with E-state index < -0.39 is 0 Å². The number of hydrogen-bond donors (Lipinski definition) is 1. The van der Waals surface area contributed by atoms with Crippen molar-refractivity contribution in [2.24, 2.45) is 0 Å². The number of fused-ring (bicyclic) bond motifs is 3. The Bertz CT molecular complexity index is 792. The van der Waals surface area contributed by atoms with E-state index in [0.717, 1.165) is 17.0 Å². The maximum Gasteiger partial charge on any atom is 0.312 e. The van der Waals surface area contributed by atoms with Crippen molar-refractivity contribution < 1.29 is 9.53 Å². The zero-order chi connectivity index (χ0) is 15.1. The highest BCUT2D eigenvalue weighted by Crippen LogP contribution is 2.44. The summed E-state index contributed by atoms with van der Waals surface area (Å²) in [5.41, 5.74) is 3.02. The van der Waals surface area contributed by atoms with Crippen molar-refractivity contribution in [3.05, 3.63) is 70.6 Å². The van der Waals surface area contributed by atoms with E-state index in [2.05, 4.69) is 0 Å². The molecule has 1 unspecified atom stereocenters. The van der Waals surface area contributed by atoms with Crippen LogP contribution in [-0.2, 0) is 15.3 Å². The molecule has 0 bridgehead atoms. The van der Waals surface area contributed by atoms with Gasteiger partial charge in [0.05, 0.1) is 12.0 Å². The number of benzene rings is 1. The van der Waals surface area contributed by atoms with E-state index in [1.165, 1.54) is 17.3 Å². The Hall–Kier alpha value is -2.27.